The Labute approximate surface area is 118 Å². The maximum atomic E-state index is 13.3. The van der Waals surface area contributed by atoms with Gasteiger partial charge in [0, 0.05) is 5.69 Å². The van der Waals surface area contributed by atoms with Crippen molar-refractivity contribution in [1.29, 1.82) is 0 Å². The predicted molar refractivity (Wildman–Crippen MR) is 73.4 cm³/mol. The summed E-state index contributed by atoms with van der Waals surface area (Å²) in [6.45, 7) is 0. The first-order chi connectivity index (χ1) is 8.47. The first kappa shape index (κ1) is 13.2. The average Bonchev–Trinajstić information content (AvgIpc) is 2.31. The third kappa shape index (κ3) is 2.77. The van der Waals surface area contributed by atoms with Gasteiger partial charge in [-0.2, -0.15) is 0 Å². The van der Waals surface area contributed by atoms with Crippen LogP contribution in [0.3, 0.4) is 0 Å². The number of halogens is 4. The van der Waals surface area contributed by atoms with E-state index in [-0.39, 0.29) is 20.9 Å². The van der Waals surface area contributed by atoms with Crippen molar-refractivity contribution >= 4 is 52.1 Å². The summed E-state index contributed by atoms with van der Waals surface area (Å²) in [7, 11) is 0. The molecule has 1 aromatic heterocycles. The lowest BCUT2D eigenvalue weighted by Crippen LogP contribution is -1.99. The molecule has 0 bridgehead atoms. The number of aromatic nitrogens is 1. The predicted octanol–water partition coefficient (Wildman–Crippen LogP) is 4.51. The van der Waals surface area contributed by atoms with Gasteiger partial charge in [0.2, 0.25) is 0 Å². The second kappa shape index (κ2) is 5.18. The molecule has 3 nitrogen and oxygen atoms in total. The van der Waals surface area contributed by atoms with Crippen LogP contribution < -0.4 is 11.1 Å². The lowest BCUT2D eigenvalue weighted by Gasteiger charge is -2.09. The molecule has 18 heavy (non-hydrogen) atoms. The third-order valence-corrected chi connectivity index (χ3v) is 3.04. The van der Waals surface area contributed by atoms with Crippen molar-refractivity contribution in [3.63, 3.8) is 0 Å². The van der Waals surface area contributed by atoms with E-state index in [0.29, 0.717) is 11.5 Å². The van der Waals surface area contributed by atoms with Gasteiger partial charge in [-0.15, -0.1) is 0 Å². The lowest BCUT2D eigenvalue weighted by molar-refractivity contribution is 0.629. The van der Waals surface area contributed by atoms with Crippen molar-refractivity contribution < 1.29 is 4.39 Å². The summed E-state index contributed by atoms with van der Waals surface area (Å²) in [5.41, 5.74) is 6.01. The maximum absolute atomic E-state index is 13.3. The van der Waals surface area contributed by atoms with E-state index in [1.807, 2.05) is 0 Å². The van der Waals surface area contributed by atoms with Crippen LogP contribution >= 0.6 is 34.8 Å². The Morgan fingerprint density at radius 1 is 1.06 bits per heavy atom. The molecule has 0 radical (unpaired) electrons. The highest BCUT2D eigenvalue weighted by atomic mass is 35.5. The molecule has 0 aliphatic heterocycles. The number of hydrogen-bond donors (Lipinski definition) is 2. The number of nitrogens with zero attached hydrogens (tertiary/aromatic N) is 1. The number of hydrogen-bond acceptors (Lipinski definition) is 3. The third-order valence-electron chi connectivity index (χ3n) is 2.14. The zero-order valence-electron chi connectivity index (χ0n) is 8.85. The quantitative estimate of drug-likeness (QED) is 0.858. The molecule has 0 aliphatic rings. The summed E-state index contributed by atoms with van der Waals surface area (Å²) in [6, 6.07) is 5.70. The average molecular weight is 307 g/mol. The molecule has 0 amide bonds. The van der Waals surface area contributed by atoms with Crippen LogP contribution in [0.4, 0.5) is 21.7 Å². The first-order valence-corrected chi connectivity index (χ1v) is 5.94. The Morgan fingerprint density at radius 2 is 1.78 bits per heavy atom. The molecule has 2 rings (SSSR count). The summed E-state index contributed by atoms with van der Waals surface area (Å²) >= 11 is 17.3. The van der Waals surface area contributed by atoms with E-state index in [1.165, 1.54) is 18.2 Å². The van der Waals surface area contributed by atoms with Crippen molar-refractivity contribution in [3.05, 3.63) is 45.2 Å². The fourth-order valence-electron chi connectivity index (χ4n) is 1.28. The van der Waals surface area contributed by atoms with Crippen LogP contribution in [0.2, 0.25) is 15.1 Å². The molecule has 1 heterocycles. The summed E-state index contributed by atoms with van der Waals surface area (Å²) < 4.78 is 13.3. The minimum absolute atomic E-state index is 0.0372. The minimum Gasteiger partial charge on any atom is -0.382 e. The van der Waals surface area contributed by atoms with Gasteiger partial charge in [0.1, 0.15) is 11.6 Å². The fourth-order valence-corrected chi connectivity index (χ4v) is 1.80. The molecule has 94 valence electrons. The molecule has 0 aliphatic carbocycles. The van der Waals surface area contributed by atoms with Crippen molar-refractivity contribution in [1.82, 2.24) is 4.98 Å². The Bertz CT molecular complexity index is 604. The van der Waals surface area contributed by atoms with Gasteiger partial charge in [-0.25, -0.2) is 9.37 Å². The smallest absolute Gasteiger partial charge is 0.151 e. The number of nitrogens with two attached hydrogens (primary N) is 1. The second-order valence-corrected chi connectivity index (χ2v) is 4.66. The van der Waals surface area contributed by atoms with Gasteiger partial charge >= 0.3 is 0 Å². The van der Waals surface area contributed by atoms with E-state index in [9.17, 15) is 4.39 Å². The molecule has 0 saturated carbocycles. The summed E-state index contributed by atoms with van der Waals surface area (Å²) in [5, 5.41) is 3.40. The SMILES string of the molecule is Nc1nc(Nc2ccc(Cl)c(F)c2)c(Cl)cc1Cl. The maximum Gasteiger partial charge on any atom is 0.151 e. The van der Waals surface area contributed by atoms with Gasteiger partial charge in [-0.05, 0) is 24.3 Å². The minimum atomic E-state index is -0.542. The number of anilines is 3. The standard InChI is InChI=1S/C11H7Cl3FN3/c12-6-2-1-5(3-9(6)15)17-11-8(14)4-7(13)10(16)18-11/h1-4H,(H3,16,17,18). The van der Waals surface area contributed by atoms with Crippen molar-refractivity contribution in [3.8, 4) is 0 Å². The highest BCUT2D eigenvalue weighted by Crippen LogP contribution is 2.30. The number of nitrogens with one attached hydrogen (secondary N) is 1. The van der Waals surface area contributed by atoms with E-state index >= 15 is 0 Å². The first-order valence-electron chi connectivity index (χ1n) is 4.81. The topological polar surface area (TPSA) is 50.9 Å². The monoisotopic (exact) mass is 305 g/mol. The van der Waals surface area contributed by atoms with Crippen molar-refractivity contribution in [2.24, 2.45) is 0 Å². The molecular formula is C11H7Cl3FN3. The molecular weight excluding hydrogens is 299 g/mol. The zero-order chi connectivity index (χ0) is 13.3. The van der Waals surface area contributed by atoms with E-state index < -0.39 is 5.82 Å². The van der Waals surface area contributed by atoms with Gasteiger partial charge in [0.05, 0.1) is 15.1 Å². The molecule has 0 fully saturated rings. The normalized spacial score (nSPS) is 10.4. The Morgan fingerprint density at radius 3 is 2.44 bits per heavy atom. The number of nitrogen functional groups attached to an aromatic ring is 1. The second-order valence-electron chi connectivity index (χ2n) is 3.44. The van der Waals surface area contributed by atoms with Crippen LogP contribution in [-0.4, -0.2) is 4.98 Å². The van der Waals surface area contributed by atoms with E-state index in [2.05, 4.69) is 10.3 Å². The van der Waals surface area contributed by atoms with Crippen molar-refractivity contribution in [2.45, 2.75) is 0 Å². The molecule has 3 N–H and O–H groups in total. The van der Waals surface area contributed by atoms with Gasteiger partial charge < -0.3 is 11.1 Å². The fraction of sp³-hybridized carbons (Fsp3) is 0. The van der Waals surface area contributed by atoms with Gasteiger partial charge in [-0.3, -0.25) is 0 Å². The molecule has 1 aromatic carbocycles. The van der Waals surface area contributed by atoms with Gasteiger partial charge in [-0.1, -0.05) is 34.8 Å². The van der Waals surface area contributed by atoms with E-state index in [1.54, 1.807) is 6.07 Å². The number of pyridine rings is 1. The Hall–Kier alpha value is -1.23. The summed E-state index contributed by atoms with van der Waals surface area (Å²) in [5.74, 6) is -0.113. The van der Waals surface area contributed by atoms with Crippen LogP contribution in [0.25, 0.3) is 0 Å². The molecule has 0 saturated heterocycles. The van der Waals surface area contributed by atoms with Gasteiger partial charge in [0.15, 0.2) is 5.82 Å². The lowest BCUT2D eigenvalue weighted by atomic mass is 10.3. The largest absolute Gasteiger partial charge is 0.382 e. The van der Waals surface area contributed by atoms with Crippen LogP contribution in [0.15, 0.2) is 24.3 Å². The molecule has 7 heteroatoms. The van der Waals surface area contributed by atoms with Crippen molar-refractivity contribution in [2.75, 3.05) is 11.1 Å². The molecule has 0 atom stereocenters. The summed E-state index contributed by atoms with van der Waals surface area (Å²) in [6.07, 6.45) is 0. The number of rotatable bonds is 2. The highest BCUT2D eigenvalue weighted by Gasteiger charge is 2.08. The Kier molecular flexibility index (Phi) is 3.80. The van der Waals surface area contributed by atoms with E-state index in [4.69, 9.17) is 40.5 Å². The Balaban J connectivity index is 2.34. The zero-order valence-corrected chi connectivity index (χ0v) is 11.1. The van der Waals surface area contributed by atoms with Crippen LogP contribution in [0.5, 0.6) is 0 Å². The highest BCUT2D eigenvalue weighted by molar-refractivity contribution is 6.37. The number of benzene rings is 1. The van der Waals surface area contributed by atoms with Crippen LogP contribution in [0.1, 0.15) is 0 Å². The molecule has 0 unspecified atom stereocenters. The summed E-state index contributed by atoms with van der Waals surface area (Å²) in [4.78, 5) is 3.97. The molecule has 0 spiro atoms. The molecule has 2 aromatic rings. The van der Waals surface area contributed by atoms with Crippen LogP contribution in [-0.2, 0) is 0 Å². The van der Waals surface area contributed by atoms with Gasteiger partial charge in [0.25, 0.3) is 0 Å². The van der Waals surface area contributed by atoms with E-state index in [0.717, 1.165) is 0 Å². The van der Waals surface area contributed by atoms with Crippen LogP contribution in [0, 0.1) is 5.82 Å².